The molecule has 2 aliphatic heterocycles. The Morgan fingerprint density at radius 1 is 1.15 bits per heavy atom. The molecule has 2 N–H and O–H groups in total. The van der Waals surface area contributed by atoms with Gasteiger partial charge in [-0.15, -0.1) is 0 Å². The van der Waals surface area contributed by atoms with Crippen molar-refractivity contribution in [1.29, 1.82) is 0 Å². The molecule has 0 aromatic heterocycles. The van der Waals surface area contributed by atoms with E-state index in [-0.39, 0.29) is 18.4 Å². The number of nitrogens with one attached hydrogen (secondary N) is 2. The Morgan fingerprint density at radius 3 is 2.35 bits per heavy atom. The van der Waals surface area contributed by atoms with E-state index in [4.69, 9.17) is 4.74 Å². The largest absolute Gasteiger partial charge is 0.378 e. The number of carbonyl (C=O) groups is 5. The molecule has 2 saturated heterocycles. The van der Waals surface area contributed by atoms with Gasteiger partial charge in [-0.2, -0.15) is 0 Å². The van der Waals surface area contributed by atoms with Crippen LogP contribution in [0, 0.1) is 11.8 Å². The van der Waals surface area contributed by atoms with Crippen molar-refractivity contribution >= 4 is 29.5 Å². The van der Waals surface area contributed by atoms with Crippen LogP contribution in [0.15, 0.2) is 30.3 Å². The zero-order valence-electron chi connectivity index (χ0n) is 19.8. The molecule has 10 heteroatoms. The minimum Gasteiger partial charge on any atom is -0.378 e. The second kappa shape index (κ2) is 11.2. The molecule has 2 heterocycles. The van der Waals surface area contributed by atoms with Crippen molar-refractivity contribution in [3.63, 3.8) is 0 Å². The number of carbonyl (C=O) groups excluding carboxylic acids is 5. The molecule has 4 atom stereocenters. The number of rotatable bonds is 8. The number of morpholine rings is 1. The van der Waals surface area contributed by atoms with E-state index in [1.54, 1.807) is 11.8 Å². The highest BCUT2D eigenvalue weighted by Gasteiger charge is 2.46. The van der Waals surface area contributed by atoms with Crippen molar-refractivity contribution in [2.24, 2.45) is 11.8 Å². The van der Waals surface area contributed by atoms with Gasteiger partial charge in [0.05, 0.1) is 37.6 Å². The van der Waals surface area contributed by atoms with Gasteiger partial charge in [0.1, 0.15) is 5.92 Å². The van der Waals surface area contributed by atoms with E-state index in [0.717, 1.165) is 5.56 Å². The Balaban J connectivity index is 1.74. The second-order valence-electron chi connectivity index (χ2n) is 8.67. The van der Waals surface area contributed by atoms with Gasteiger partial charge in [-0.25, -0.2) is 4.79 Å². The molecule has 184 valence electrons. The summed E-state index contributed by atoms with van der Waals surface area (Å²) in [6.07, 6.45) is 0.230. The predicted octanol–water partition coefficient (Wildman–Crippen LogP) is 0.874. The van der Waals surface area contributed by atoms with Crippen LogP contribution in [-0.2, 0) is 23.9 Å². The Labute approximate surface area is 199 Å². The van der Waals surface area contributed by atoms with E-state index >= 15 is 0 Å². The maximum atomic E-state index is 13.3. The van der Waals surface area contributed by atoms with Crippen LogP contribution in [0.25, 0.3) is 0 Å². The molecule has 2 fully saturated rings. The van der Waals surface area contributed by atoms with E-state index in [0.29, 0.717) is 32.7 Å². The van der Waals surface area contributed by atoms with Crippen LogP contribution >= 0.6 is 0 Å². The quantitative estimate of drug-likeness (QED) is 0.427. The molecule has 0 radical (unpaired) electrons. The molecule has 2 aliphatic rings. The van der Waals surface area contributed by atoms with Gasteiger partial charge in [-0.3, -0.25) is 24.5 Å². The first-order valence-electron chi connectivity index (χ1n) is 11.6. The monoisotopic (exact) mass is 472 g/mol. The van der Waals surface area contributed by atoms with Crippen LogP contribution in [0.1, 0.15) is 38.3 Å². The van der Waals surface area contributed by atoms with Crippen LogP contribution in [0.3, 0.4) is 0 Å². The molecule has 0 aliphatic carbocycles. The van der Waals surface area contributed by atoms with Gasteiger partial charge >= 0.3 is 6.03 Å². The lowest BCUT2D eigenvalue weighted by Crippen LogP contribution is -2.49. The predicted molar refractivity (Wildman–Crippen MR) is 122 cm³/mol. The average molecular weight is 473 g/mol. The van der Waals surface area contributed by atoms with Crippen molar-refractivity contribution in [3.8, 4) is 0 Å². The first kappa shape index (κ1) is 25.4. The number of ketones is 1. The van der Waals surface area contributed by atoms with Crippen molar-refractivity contribution in [2.45, 2.75) is 38.8 Å². The molecule has 5 amide bonds. The molecular formula is C24H32N4O6. The van der Waals surface area contributed by atoms with E-state index in [9.17, 15) is 24.0 Å². The Morgan fingerprint density at radius 2 is 1.79 bits per heavy atom. The number of nitrogens with zero attached hydrogens (tertiary/aromatic N) is 2. The van der Waals surface area contributed by atoms with E-state index in [1.807, 2.05) is 30.3 Å². The molecule has 1 aromatic rings. The topological polar surface area (TPSA) is 125 Å². The summed E-state index contributed by atoms with van der Waals surface area (Å²) in [6.45, 7) is 5.13. The minimum atomic E-state index is -1.11. The van der Waals surface area contributed by atoms with Crippen molar-refractivity contribution < 1.29 is 28.7 Å². The highest BCUT2D eigenvalue weighted by Crippen LogP contribution is 2.25. The number of benzene rings is 1. The lowest BCUT2D eigenvalue weighted by Gasteiger charge is -2.32. The number of amides is 5. The normalized spacial score (nSPS) is 22.0. The summed E-state index contributed by atoms with van der Waals surface area (Å²) in [4.78, 5) is 66.2. The number of likely N-dealkylation sites (N-methyl/N-ethyl adjacent to an activating group) is 1. The fourth-order valence-corrected chi connectivity index (χ4v) is 4.38. The van der Waals surface area contributed by atoms with Gasteiger partial charge in [-0.1, -0.05) is 44.2 Å². The summed E-state index contributed by atoms with van der Waals surface area (Å²) >= 11 is 0. The van der Waals surface area contributed by atoms with Crippen molar-refractivity contribution in [3.05, 3.63) is 35.9 Å². The first-order chi connectivity index (χ1) is 16.2. The van der Waals surface area contributed by atoms with Crippen molar-refractivity contribution in [1.82, 2.24) is 20.4 Å². The molecule has 1 aromatic carbocycles. The molecule has 34 heavy (non-hydrogen) atoms. The van der Waals surface area contributed by atoms with Crippen LogP contribution in [0.5, 0.6) is 0 Å². The van der Waals surface area contributed by atoms with Gasteiger partial charge < -0.3 is 19.9 Å². The minimum absolute atomic E-state index is 0.0638. The standard InChI is InChI=1S/C24H32N4O6/c1-4-18(21(30)20-15(2)22(31)26-23(20)32)27(3)19(29)14-17(16-8-6-5-7-9-16)25-24(33)28-10-12-34-13-11-28/h5-9,15,17-18,20H,4,10-14H2,1-3H3,(H,25,33)(H,26,31,32)/t15-,17-,18?,20+/m0/s1. The van der Waals surface area contributed by atoms with E-state index in [1.165, 1.54) is 18.9 Å². The van der Waals surface area contributed by atoms with E-state index < -0.39 is 41.5 Å². The summed E-state index contributed by atoms with van der Waals surface area (Å²) < 4.78 is 5.30. The Kier molecular flexibility index (Phi) is 8.38. The van der Waals surface area contributed by atoms with Crippen LogP contribution in [-0.4, -0.2) is 78.7 Å². The molecule has 0 spiro atoms. The fourth-order valence-electron chi connectivity index (χ4n) is 4.38. The van der Waals surface area contributed by atoms with E-state index in [2.05, 4.69) is 10.6 Å². The number of imide groups is 1. The van der Waals surface area contributed by atoms with Crippen LogP contribution in [0.2, 0.25) is 0 Å². The molecule has 3 rings (SSSR count). The summed E-state index contributed by atoms with van der Waals surface area (Å²) in [7, 11) is 1.51. The van der Waals surface area contributed by atoms with Crippen LogP contribution in [0.4, 0.5) is 4.79 Å². The summed E-state index contributed by atoms with van der Waals surface area (Å²) in [5.41, 5.74) is 0.764. The number of urea groups is 1. The third-order valence-corrected chi connectivity index (χ3v) is 6.50. The summed E-state index contributed by atoms with van der Waals surface area (Å²) in [6, 6.07) is 7.41. The first-order valence-corrected chi connectivity index (χ1v) is 11.6. The third kappa shape index (κ3) is 5.61. The summed E-state index contributed by atoms with van der Waals surface area (Å²) in [5, 5.41) is 5.13. The van der Waals surface area contributed by atoms with Gasteiger partial charge in [0.25, 0.3) is 0 Å². The van der Waals surface area contributed by atoms with Gasteiger partial charge in [0.15, 0.2) is 5.78 Å². The maximum Gasteiger partial charge on any atom is 0.318 e. The molecule has 0 saturated carbocycles. The highest BCUT2D eigenvalue weighted by atomic mass is 16.5. The third-order valence-electron chi connectivity index (χ3n) is 6.50. The highest BCUT2D eigenvalue weighted by molar-refractivity contribution is 6.16. The SMILES string of the molecule is CCC(C(=O)[C@@H]1C(=O)NC(=O)[C@H]1C)N(C)C(=O)C[C@H](NC(=O)N1CCOCC1)c1ccccc1. The van der Waals surface area contributed by atoms with Crippen LogP contribution < -0.4 is 10.6 Å². The Hall–Kier alpha value is -3.27. The number of hydrogen-bond donors (Lipinski definition) is 2. The maximum absolute atomic E-state index is 13.3. The number of hydrogen-bond acceptors (Lipinski definition) is 6. The van der Waals surface area contributed by atoms with Gasteiger partial charge in [0, 0.05) is 20.1 Å². The zero-order chi connectivity index (χ0) is 24.8. The Bertz CT molecular complexity index is 931. The lowest BCUT2D eigenvalue weighted by molar-refractivity contribution is -0.143. The van der Waals surface area contributed by atoms with Gasteiger partial charge in [0.2, 0.25) is 17.7 Å². The molecule has 1 unspecified atom stereocenters. The fraction of sp³-hybridized carbons (Fsp3) is 0.542. The van der Waals surface area contributed by atoms with Gasteiger partial charge in [-0.05, 0) is 12.0 Å². The average Bonchev–Trinajstić information content (AvgIpc) is 3.10. The number of Topliss-reactive ketones (excluding diaryl/α,β-unsaturated/α-hetero) is 1. The number of ether oxygens (including phenoxy) is 1. The summed E-state index contributed by atoms with van der Waals surface area (Å²) in [5.74, 6) is -3.80. The molecule has 0 bridgehead atoms. The second-order valence-corrected chi connectivity index (χ2v) is 8.67. The molecule has 10 nitrogen and oxygen atoms in total. The molecular weight excluding hydrogens is 440 g/mol. The lowest BCUT2D eigenvalue weighted by atomic mass is 9.87. The zero-order valence-corrected chi connectivity index (χ0v) is 19.8. The van der Waals surface area contributed by atoms with Crippen molar-refractivity contribution in [2.75, 3.05) is 33.4 Å². The smallest absolute Gasteiger partial charge is 0.318 e.